The standard InChI is InChI=1S/C12H19N3O3/c1-6(2)10-13-14-11(18-10)9-8(5)17-12(16)15(9)7(3)4/h6-9H,1-5H3/t8-,9+/m0/s1. The number of rotatable bonds is 3. The van der Waals surface area contributed by atoms with Crippen LogP contribution >= 0.6 is 0 Å². The van der Waals surface area contributed by atoms with Gasteiger partial charge in [0.15, 0.2) is 6.04 Å². The normalized spacial score (nSPS) is 24.2. The third-order valence-corrected chi connectivity index (χ3v) is 3.00. The topological polar surface area (TPSA) is 68.5 Å². The summed E-state index contributed by atoms with van der Waals surface area (Å²) in [6.07, 6.45) is -0.604. The third-order valence-electron chi connectivity index (χ3n) is 3.00. The van der Waals surface area contributed by atoms with Gasteiger partial charge in [0.25, 0.3) is 0 Å². The van der Waals surface area contributed by atoms with Crippen molar-refractivity contribution >= 4 is 6.09 Å². The second kappa shape index (κ2) is 4.59. The van der Waals surface area contributed by atoms with Gasteiger partial charge >= 0.3 is 6.09 Å². The highest BCUT2D eigenvalue weighted by molar-refractivity contribution is 5.71. The van der Waals surface area contributed by atoms with E-state index in [9.17, 15) is 4.79 Å². The lowest BCUT2D eigenvalue weighted by molar-refractivity contribution is 0.134. The molecule has 1 amide bonds. The maximum atomic E-state index is 11.8. The Kier molecular flexibility index (Phi) is 3.28. The summed E-state index contributed by atoms with van der Waals surface area (Å²) in [5, 5.41) is 8.05. The van der Waals surface area contributed by atoms with Crippen molar-refractivity contribution in [2.75, 3.05) is 0 Å². The Balaban J connectivity index is 2.31. The van der Waals surface area contributed by atoms with E-state index in [1.54, 1.807) is 4.90 Å². The van der Waals surface area contributed by atoms with Gasteiger partial charge in [-0.3, -0.25) is 4.90 Å². The van der Waals surface area contributed by atoms with E-state index in [1.165, 1.54) is 0 Å². The van der Waals surface area contributed by atoms with Gasteiger partial charge in [-0.25, -0.2) is 4.79 Å². The smallest absolute Gasteiger partial charge is 0.411 e. The second-order valence-corrected chi connectivity index (χ2v) is 5.17. The summed E-state index contributed by atoms with van der Waals surface area (Å²) in [5.41, 5.74) is 0. The number of aromatic nitrogens is 2. The minimum absolute atomic E-state index is 0.0295. The Morgan fingerprint density at radius 3 is 2.39 bits per heavy atom. The molecule has 6 heteroatoms. The summed E-state index contributed by atoms with van der Waals surface area (Å²) in [4.78, 5) is 13.4. The van der Waals surface area contributed by atoms with E-state index in [4.69, 9.17) is 9.15 Å². The predicted molar refractivity (Wildman–Crippen MR) is 64.0 cm³/mol. The van der Waals surface area contributed by atoms with Crippen molar-refractivity contribution in [2.24, 2.45) is 0 Å². The lowest BCUT2D eigenvalue weighted by Gasteiger charge is -2.23. The number of carbonyl (C=O) groups is 1. The summed E-state index contributed by atoms with van der Waals surface area (Å²) in [6.45, 7) is 9.68. The minimum atomic E-state index is -0.327. The molecule has 0 spiro atoms. The van der Waals surface area contributed by atoms with Crippen LogP contribution in [0.5, 0.6) is 0 Å². The molecule has 2 atom stereocenters. The summed E-state index contributed by atoms with van der Waals surface area (Å²) in [5.74, 6) is 1.21. The van der Waals surface area contributed by atoms with Crippen molar-refractivity contribution in [2.45, 2.75) is 58.7 Å². The molecule has 100 valence electrons. The molecule has 0 aliphatic carbocycles. The van der Waals surface area contributed by atoms with Crippen LogP contribution in [0.1, 0.15) is 58.4 Å². The Morgan fingerprint density at radius 1 is 1.22 bits per heavy atom. The van der Waals surface area contributed by atoms with Gasteiger partial charge in [0.2, 0.25) is 11.8 Å². The highest BCUT2D eigenvalue weighted by Crippen LogP contribution is 2.34. The number of amides is 1. The van der Waals surface area contributed by atoms with Crippen LogP contribution in [0, 0.1) is 0 Å². The monoisotopic (exact) mass is 253 g/mol. The molecular weight excluding hydrogens is 234 g/mol. The van der Waals surface area contributed by atoms with Crippen LogP contribution in [0.4, 0.5) is 4.79 Å². The minimum Gasteiger partial charge on any atom is -0.444 e. The maximum absolute atomic E-state index is 11.8. The number of ether oxygens (including phenoxy) is 1. The van der Waals surface area contributed by atoms with Gasteiger partial charge in [-0.1, -0.05) is 13.8 Å². The zero-order valence-corrected chi connectivity index (χ0v) is 11.4. The molecule has 1 saturated heterocycles. The van der Waals surface area contributed by atoms with E-state index in [2.05, 4.69) is 10.2 Å². The Labute approximate surface area is 106 Å². The van der Waals surface area contributed by atoms with Crippen molar-refractivity contribution in [1.82, 2.24) is 15.1 Å². The molecule has 0 saturated carbocycles. The first-order chi connectivity index (χ1) is 8.41. The van der Waals surface area contributed by atoms with Crippen LogP contribution in [0.15, 0.2) is 4.42 Å². The maximum Gasteiger partial charge on any atom is 0.411 e. The van der Waals surface area contributed by atoms with E-state index in [0.29, 0.717) is 11.8 Å². The van der Waals surface area contributed by atoms with Crippen LogP contribution in [-0.4, -0.2) is 33.3 Å². The zero-order valence-electron chi connectivity index (χ0n) is 11.4. The van der Waals surface area contributed by atoms with Gasteiger partial charge in [-0.15, -0.1) is 10.2 Å². The fraction of sp³-hybridized carbons (Fsp3) is 0.750. The number of nitrogens with zero attached hydrogens (tertiary/aromatic N) is 3. The van der Waals surface area contributed by atoms with E-state index in [-0.39, 0.29) is 30.2 Å². The molecule has 18 heavy (non-hydrogen) atoms. The Bertz CT molecular complexity index is 442. The molecule has 1 aliphatic rings. The van der Waals surface area contributed by atoms with Gasteiger partial charge in [0, 0.05) is 12.0 Å². The number of hydrogen-bond donors (Lipinski definition) is 0. The molecule has 1 aromatic heterocycles. The highest BCUT2D eigenvalue weighted by Gasteiger charge is 2.44. The highest BCUT2D eigenvalue weighted by atomic mass is 16.6. The van der Waals surface area contributed by atoms with E-state index < -0.39 is 0 Å². The molecule has 1 aromatic rings. The van der Waals surface area contributed by atoms with Crippen molar-refractivity contribution in [3.63, 3.8) is 0 Å². The van der Waals surface area contributed by atoms with E-state index in [1.807, 2.05) is 34.6 Å². The van der Waals surface area contributed by atoms with Gasteiger partial charge in [0.1, 0.15) is 6.10 Å². The lowest BCUT2D eigenvalue weighted by atomic mass is 10.1. The van der Waals surface area contributed by atoms with Crippen molar-refractivity contribution in [3.05, 3.63) is 11.8 Å². The van der Waals surface area contributed by atoms with E-state index >= 15 is 0 Å². The number of cyclic esters (lactones) is 1. The molecular formula is C12H19N3O3. The molecule has 0 radical (unpaired) electrons. The van der Waals surface area contributed by atoms with Crippen molar-refractivity contribution < 1.29 is 13.9 Å². The Morgan fingerprint density at radius 2 is 1.89 bits per heavy atom. The van der Waals surface area contributed by atoms with Gasteiger partial charge < -0.3 is 9.15 Å². The first-order valence-electron chi connectivity index (χ1n) is 6.24. The molecule has 6 nitrogen and oxygen atoms in total. The lowest BCUT2D eigenvalue weighted by Crippen LogP contribution is -2.35. The average molecular weight is 253 g/mol. The molecule has 0 aromatic carbocycles. The summed E-state index contributed by atoms with van der Waals surface area (Å²) >= 11 is 0. The molecule has 0 unspecified atom stereocenters. The Hall–Kier alpha value is -1.59. The van der Waals surface area contributed by atoms with Crippen LogP contribution in [0.2, 0.25) is 0 Å². The molecule has 2 heterocycles. The quantitative estimate of drug-likeness (QED) is 0.827. The summed E-state index contributed by atoms with van der Waals surface area (Å²) in [6, 6.07) is -0.264. The number of carbonyl (C=O) groups excluding carboxylic acids is 1. The molecule has 2 rings (SSSR count). The van der Waals surface area contributed by atoms with Gasteiger partial charge in [-0.2, -0.15) is 0 Å². The van der Waals surface area contributed by atoms with Crippen molar-refractivity contribution in [1.29, 1.82) is 0 Å². The first kappa shape index (κ1) is 12.9. The van der Waals surface area contributed by atoms with Crippen LogP contribution in [0.3, 0.4) is 0 Å². The van der Waals surface area contributed by atoms with Gasteiger partial charge in [0.05, 0.1) is 0 Å². The van der Waals surface area contributed by atoms with Crippen LogP contribution in [0.25, 0.3) is 0 Å². The van der Waals surface area contributed by atoms with Crippen molar-refractivity contribution in [3.8, 4) is 0 Å². The van der Waals surface area contributed by atoms with E-state index in [0.717, 1.165) is 0 Å². The zero-order chi connectivity index (χ0) is 13.4. The molecule has 1 aliphatic heterocycles. The SMILES string of the molecule is CC(C)c1nnc([C@H]2[C@H](C)OC(=O)N2C(C)C)o1. The average Bonchev–Trinajstić information content (AvgIpc) is 2.81. The predicted octanol–water partition coefficient (Wildman–Crippen LogP) is 2.48. The molecule has 0 N–H and O–H groups in total. The molecule has 0 bridgehead atoms. The third kappa shape index (κ3) is 2.07. The second-order valence-electron chi connectivity index (χ2n) is 5.17. The summed E-state index contributed by atoms with van der Waals surface area (Å²) in [7, 11) is 0. The fourth-order valence-corrected chi connectivity index (χ4v) is 2.08. The fourth-order valence-electron chi connectivity index (χ4n) is 2.08. The van der Waals surface area contributed by atoms with Gasteiger partial charge in [-0.05, 0) is 20.8 Å². The molecule has 1 fully saturated rings. The van der Waals surface area contributed by atoms with Crippen LogP contribution < -0.4 is 0 Å². The first-order valence-corrected chi connectivity index (χ1v) is 6.24. The van der Waals surface area contributed by atoms with Crippen LogP contribution in [-0.2, 0) is 4.74 Å². The largest absolute Gasteiger partial charge is 0.444 e. The number of hydrogen-bond acceptors (Lipinski definition) is 5. The summed E-state index contributed by atoms with van der Waals surface area (Å²) < 4.78 is 10.9.